The fourth-order valence-electron chi connectivity index (χ4n) is 2.91. The first-order valence-corrected chi connectivity index (χ1v) is 7.76. The number of piperidine rings is 1. The van der Waals surface area contributed by atoms with Crippen LogP contribution in [0.5, 0.6) is 0 Å². The molecule has 3 heteroatoms. The standard InChI is InChI=1S/C17H26N2O/c1-3-18-16-10-12-19(13-11-16)17(20)9-8-15-7-5-4-6-14(15)2/h4-7,16,18H,3,8-13H2,1-2H3. The third-order valence-electron chi connectivity index (χ3n) is 4.21. The number of carbonyl (C=O) groups excluding carboxylic acids is 1. The summed E-state index contributed by atoms with van der Waals surface area (Å²) in [6.45, 7) is 7.09. The number of benzene rings is 1. The Morgan fingerprint density at radius 2 is 2.00 bits per heavy atom. The van der Waals surface area contributed by atoms with Crippen LogP contribution in [0.2, 0.25) is 0 Å². The summed E-state index contributed by atoms with van der Waals surface area (Å²) in [7, 11) is 0. The molecular weight excluding hydrogens is 248 g/mol. The average molecular weight is 274 g/mol. The first-order chi connectivity index (χ1) is 9.70. The van der Waals surface area contributed by atoms with Gasteiger partial charge in [-0.3, -0.25) is 4.79 Å². The molecule has 1 heterocycles. The summed E-state index contributed by atoms with van der Waals surface area (Å²) in [6, 6.07) is 8.93. The van der Waals surface area contributed by atoms with Crippen molar-refractivity contribution in [1.82, 2.24) is 10.2 Å². The van der Waals surface area contributed by atoms with Crippen LogP contribution >= 0.6 is 0 Å². The van der Waals surface area contributed by atoms with E-state index in [2.05, 4.69) is 37.4 Å². The predicted octanol–water partition coefficient (Wildman–Crippen LogP) is 2.53. The van der Waals surface area contributed by atoms with Crippen LogP contribution in [0.3, 0.4) is 0 Å². The molecule has 1 aromatic rings. The van der Waals surface area contributed by atoms with Crippen LogP contribution in [-0.4, -0.2) is 36.5 Å². The van der Waals surface area contributed by atoms with Crippen molar-refractivity contribution < 1.29 is 4.79 Å². The van der Waals surface area contributed by atoms with E-state index in [4.69, 9.17) is 0 Å². The minimum Gasteiger partial charge on any atom is -0.343 e. The Labute approximate surface area is 122 Å². The van der Waals surface area contributed by atoms with Crippen molar-refractivity contribution in [3.05, 3.63) is 35.4 Å². The van der Waals surface area contributed by atoms with Gasteiger partial charge in [0.05, 0.1) is 0 Å². The summed E-state index contributed by atoms with van der Waals surface area (Å²) in [5.41, 5.74) is 2.58. The molecule has 1 aliphatic heterocycles. The second-order valence-electron chi connectivity index (χ2n) is 5.64. The SMILES string of the molecule is CCNC1CCN(C(=O)CCc2ccccc2C)CC1. The van der Waals surface area contributed by atoms with Crippen LogP contribution < -0.4 is 5.32 Å². The van der Waals surface area contributed by atoms with Crippen LogP contribution in [0.15, 0.2) is 24.3 Å². The molecule has 3 nitrogen and oxygen atoms in total. The third kappa shape index (κ3) is 4.07. The molecular formula is C17H26N2O. The van der Waals surface area contributed by atoms with E-state index in [9.17, 15) is 4.79 Å². The normalized spacial score (nSPS) is 16.4. The maximum absolute atomic E-state index is 12.3. The Morgan fingerprint density at radius 1 is 1.30 bits per heavy atom. The summed E-state index contributed by atoms with van der Waals surface area (Å²) < 4.78 is 0. The minimum atomic E-state index is 0.309. The number of nitrogens with one attached hydrogen (secondary N) is 1. The van der Waals surface area contributed by atoms with Gasteiger partial charge in [0.1, 0.15) is 0 Å². The van der Waals surface area contributed by atoms with Crippen molar-refractivity contribution >= 4 is 5.91 Å². The number of nitrogens with zero attached hydrogens (tertiary/aromatic N) is 1. The molecule has 1 fully saturated rings. The predicted molar refractivity (Wildman–Crippen MR) is 82.8 cm³/mol. The van der Waals surface area contributed by atoms with E-state index < -0.39 is 0 Å². The Balaban J connectivity index is 1.77. The van der Waals surface area contributed by atoms with Gasteiger partial charge in [-0.25, -0.2) is 0 Å². The van der Waals surface area contributed by atoms with Gasteiger partial charge in [-0.2, -0.15) is 0 Å². The van der Waals surface area contributed by atoms with Gasteiger partial charge in [0.25, 0.3) is 0 Å². The highest BCUT2D eigenvalue weighted by molar-refractivity contribution is 5.76. The summed E-state index contributed by atoms with van der Waals surface area (Å²) in [4.78, 5) is 14.3. The number of rotatable bonds is 5. The van der Waals surface area contributed by atoms with Crippen molar-refractivity contribution in [2.75, 3.05) is 19.6 Å². The van der Waals surface area contributed by atoms with Crippen molar-refractivity contribution in [2.24, 2.45) is 0 Å². The average Bonchev–Trinajstić information content (AvgIpc) is 2.47. The van der Waals surface area contributed by atoms with Gasteiger partial charge >= 0.3 is 0 Å². The zero-order chi connectivity index (χ0) is 14.4. The van der Waals surface area contributed by atoms with E-state index in [-0.39, 0.29) is 0 Å². The largest absolute Gasteiger partial charge is 0.343 e. The molecule has 0 atom stereocenters. The van der Waals surface area contributed by atoms with Gasteiger partial charge in [0.15, 0.2) is 0 Å². The van der Waals surface area contributed by atoms with Gasteiger partial charge in [-0.05, 0) is 43.9 Å². The maximum Gasteiger partial charge on any atom is 0.222 e. The van der Waals surface area contributed by atoms with Crippen LogP contribution in [0, 0.1) is 6.92 Å². The molecule has 110 valence electrons. The number of amides is 1. The molecule has 0 saturated carbocycles. The smallest absolute Gasteiger partial charge is 0.222 e. The van der Waals surface area contributed by atoms with Crippen LogP contribution in [0.4, 0.5) is 0 Å². The maximum atomic E-state index is 12.3. The molecule has 20 heavy (non-hydrogen) atoms. The lowest BCUT2D eigenvalue weighted by atomic mass is 10.0. The molecule has 0 radical (unpaired) electrons. The van der Waals surface area contributed by atoms with Gasteiger partial charge in [-0.15, -0.1) is 0 Å². The lowest BCUT2D eigenvalue weighted by Gasteiger charge is -2.32. The van der Waals surface area contributed by atoms with Crippen molar-refractivity contribution in [3.63, 3.8) is 0 Å². The van der Waals surface area contributed by atoms with E-state index >= 15 is 0 Å². The number of hydrogen-bond donors (Lipinski definition) is 1. The highest BCUT2D eigenvalue weighted by atomic mass is 16.2. The van der Waals surface area contributed by atoms with Crippen LogP contribution in [0.1, 0.15) is 37.3 Å². The zero-order valence-electron chi connectivity index (χ0n) is 12.7. The molecule has 0 aliphatic carbocycles. The molecule has 0 unspecified atom stereocenters. The van der Waals surface area contributed by atoms with E-state index in [0.717, 1.165) is 38.9 Å². The fourth-order valence-corrected chi connectivity index (χ4v) is 2.91. The lowest BCUT2D eigenvalue weighted by molar-refractivity contribution is -0.132. The second-order valence-corrected chi connectivity index (χ2v) is 5.64. The Morgan fingerprint density at radius 3 is 2.65 bits per heavy atom. The van der Waals surface area contributed by atoms with Crippen molar-refractivity contribution in [2.45, 2.75) is 45.6 Å². The summed E-state index contributed by atoms with van der Waals surface area (Å²) in [5, 5.41) is 3.47. The van der Waals surface area contributed by atoms with E-state index in [1.807, 2.05) is 11.0 Å². The summed E-state index contributed by atoms with van der Waals surface area (Å²) in [5.74, 6) is 0.309. The third-order valence-corrected chi connectivity index (χ3v) is 4.21. The summed E-state index contributed by atoms with van der Waals surface area (Å²) >= 11 is 0. The Hall–Kier alpha value is -1.35. The molecule has 1 aliphatic rings. The molecule has 1 aromatic carbocycles. The van der Waals surface area contributed by atoms with Gasteiger partial charge in [0, 0.05) is 25.6 Å². The first kappa shape index (κ1) is 15.0. The Bertz CT molecular complexity index is 436. The van der Waals surface area contributed by atoms with Gasteiger partial charge in [-0.1, -0.05) is 31.2 Å². The van der Waals surface area contributed by atoms with Crippen LogP contribution in [0.25, 0.3) is 0 Å². The summed E-state index contributed by atoms with van der Waals surface area (Å²) in [6.07, 6.45) is 3.67. The van der Waals surface area contributed by atoms with E-state index in [1.165, 1.54) is 11.1 Å². The monoisotopic (exact) mass is 274 g/mol. The molecule has 1 saturated heterocycles. The van der Waals surface area contributed by atoms with Crippen molar-refractivity contribution in [3.8, 4) is 0 Å². The number of aryl methyl sites for hydroxylation is 2. The van der Waals surface area contributed by atoms with E-state index in [0.29, 0.717) is 18.4 Å². The molecule has 0 aromatic heterocycles. The second kappa shape index (κ2) is 7.44. The topological polar surface area (TPSA) is 32.3 Å². The van der Waals surface area contributed by atoms with E-state index in [1.54, 1.807) is 0 Å². The molecule has 1 amide bonds. The minimum absolute atomic E-state index is 0.309. The molecule has 0 spiro atoms. The molecule has 1 N–H and O–H groups in total. The number of likely N-dealkylation sites (tertiary alicyclic amines) is 1. The fraction of sp³-hybridized carbons (Fsp3) is 0.588. The zero-order valence-corrected chi connectivity index (χ0v) is 12.7. The molecule has 2 rings (SSSR count). The Kier molecular flexibility index (Phi) is 5.60. The molecule has 0 bridgehead atoms. The van der Waals surface area contributed by atoms with Crippen LogP contribution in [-0.2, 0) is 11.2 Å². The number of carbonyl (C=O) groups is 1. The van der Waals surface area contributed by atoms with Gasteiger partial charge < -0.3 is 10.2 Å². The first-order valence-electron chi connectivity index (χ1n) is 7.76. The highest BCUT2D eigenvalue weighted by Gasteiger charge is 2.21. The quantitative estimate of drug-likeness (QED) is 0.895. The lowest BCUT2D eigenvalue weighted by Crippen LogP contribution is -2.44. The number of hydrogen-bond acceptors (Lipinski definition) is 2. The highest BCUT2D eigenvalue weighted by Crippen LogP contribution is 2.14. The van der Waals surface area contributed by atoms with Gasteiger partial charge in [0.2, 0.25) is 5.91 Å². The van der Waals surface area contributed by atoms with Crippen molar-refractivity contribution in [1.29, 1.82) is 0 Å².